The van der Waals surface area contributed by atoms with Crippen molar-refractivity contribution in [2.24, 2.45) is 0 Å². The molecule has 27 heavy (non-hydrogen) atoms. The van der Waals surface area contributed by atoms with Gasteiger partial charge in [-0.1, -0.05) is 24.3 Å². The van der Waals surface area contributed by atoms with Gasteiger partial charge in [0.05, 0.1) is 28.4 Å². The lowest BCUT2D eigenvalue weighted by Gasteiger charge is -2.16. The van der Waals surface area contributed by atoms with Gasteiger partial charge >= 0.3 is 0 Å². The number of pyridine rings is 1. The predicted molar refractivity (Wildman–Crippen MR) is 109 cm³/mol. The Morgan fingerprint density at radius 2 is 2.00 bits per heavy atom. The van der Waals surface area contributed by atoms with E-state index in [0.717, 1.165) is 47.0 Å². The summed E-state index contributed by atoms with van der Waals surface area (Å²) in [5.41, 5.74) is 5.10. The minimum absolute atomic E-state index is 0.672. The van der Waals surface area contributed by atoms with Crippen molar-refractivity contribution < 1.29 is 0 Å². The van der Waals surface area contributed by atoms with Crippen LogP contribution in [0.1, 0.15) is 16.1 Å². The molecule has 2 aromatic heterocycles. The fourth-order valence-electron chi connectivity index (χ4n) is 3.56. The number of nitriles is 1. The van der Waals surface area contributed by atoms with Crippen molar-refractivity contribution in [3.63, 3.8) is 0 Å². The molecule has 0 radical (unpaired) electrons. The molecule has 0 atom stereocenters. The Morgan fingerprint density at radius 1 is 1.07 bits per heavy atom. The van der Waals surface area contributed by atoms with E-state index in [1.54, 1.807) is 11.3 Å². The fourth-order valence-corrected chi connectivity index (χ4v) is 4.55. The molecule has 0 unspecified atom stereocenters. The molecule has 0 aliphatic carbocycles. The zero-order valence-electron chi connectivity index (χ0n) is 14.6. The molecule has 0 bridgehead atoms. The molecule has 0 spiro atoms. The van der Waals surface area contributed by atoms with Crippen molar-refractivity contribution in [3.05, 3.63) is 76.9 Å². The fraction of sp³-hybridized carbons (Fsp3) is 0.136. The Kier molecular flexibility index (Phi) is 3.84. The van der Waals surface area contributed by atoms with Crippen LogP contribution in [0, 0.1) is 11.3 Å². The van der Waals surface area contributed by atoms with Crippen molar-refractivity contribution >= 4 is 27.4 Å². The SMILES string of the molecule is N#Cc1cccc(-c2cnc3c(c2)CCN3Cc2nc3ccccc3s2)c1. The molecule has 5 heteroatoms. The normalized spacial score (nSPS) is 12.9. The molecule has 130 valence electrons. The Balaban J connectivity index is 1.43. The van der Waals surface area contributed by atoms with E-state index in [-0.39, 0.29) is 0 Å². The summed E-state index contributed by atoms with van der Waals surface area (Å²) >= 11 is 1.75. The van der Waals surface area contributed by atoms with Gasteiger partial charge in [-0.2, -0.15) is 5.26 Å². The smallest absolute Gasteiger partial charge is 0.132 e. The second kappa shape index (κ2) is 6.49. The summed E-state index contributed by atoms with van der Waals surface area (Å²) < 4.78 is 1.23. The second-order valence-corrected chi connectivity index (χ2v) is 7.76. The minimum atomic E-state index is 0.672. The molecule has 4 aromatic rings. The molecular formula is C22H16N4S. The maximum atomic E-state index is 9.11. The van der Waals surface area contributed by atoms with Gasteiger partial charge in [0.1, 0.15) is 10.8 Å². The van der Waals surface area contributed by atoms with Crippen molar-refractivity contribution in [2.75, 3.05) is 11.4 Å². The van der Waals surface area contributed by atoms with Crippen LogP contribution in [-0.4, -0.2) is 16.5 Å². The molecule has 0 saturated heterocycles. The number of fused-ring (bicyclic) bond motifs is 2. The van der Waals surface area contributed by atoms with E-state index in [9.17, 15) is 0 Å². The number of hydrogen-bond donors (Lipinski definition) is 0. The van der Waals surface area contributed by atoms with Crippen molar-refractivity contribution in [2.45, 2.75) is 13.0 Å². The standard InChI is InChI=1S/C22H16N4S/c23-12-15-4-3-5-16(10-15)18-11-17-8-9-26(22(17)24-13-18)14-21-25-19-6-1-2-7-20(19)27-21/h1-7,10-11,13H,8-9,14H2. The van der Waals surface area contributed by atoms with Crippen molar-refractivity contribution in [1.29, 1.82) is 5.26 Å². The van der Waals surface area contributed by atoms with Crippen LogP contribution in [-0.2, 0) is 13.0 Å². The van der Waals surface area contributed by atoms with E-state index in [4.69, 9.17) is 15.2 Å². The first-order chi connectivity index (χ1) is 13.3. The van der Waals surface area contributed by atoms with Crippen LogP contribution in [0.5, 0.6) is 0 Å². The maximum absolute atomic E-state index is 9.11. The van der Waals surface area contributed by atoms with Crippen LogP contribution in [0.25, 0.3) is 21.3 Å². The number of anilines is 1. The second-order valence-electron chi connectivity index (χ2n) is 6.65. The number of benzene rings is 2. The molecule has 5 rings (SSSR count). The summed E-state index contributed by atoms with van der Waals surface area (Å²) in [5, 5.41) is 10.2. The zero-order valence-corrected chi connectivity index (χ0v) is 15.4. The molecule has 4 nitrogen and oxygen atoms in total. The third-order valence-corrected chi connectivity index (χ3v) is 5.90. The molecule has 3 heterocycles. The number of nitrogens with zero attached hydrogens (tertiary/aromatic N) is 4. The van der Waals surface area contributed by atoms with Gasteiger partial charge in [-0.15, -0.1) is 11.3 Å². The predicted octanol–water partition coefficient (Wildman–Crippen LogP) is 4.79. The summed E-state index contributed by atoms with van der Waals surface area (Å²) in [6.07, 6.45) is 2.89. The summed E-state index contributed by atoms with van der Waals surface area (Å²) in [6, 6.07) is 20.4. The lowest BCUT2D eigenvalue weighted by molar-refractivity contribution is 0.821. The van der Waals surface area contributed by atoms with Gasteiger partial charge in [-0.05, 0) is 47.9 Å². The van der Waals surface area contributed by atoms with Gasteiger partial charge in [0.25, 0.3) is 0 Å². The van der Waals surface area contributed by atoms with Crippen LogP contribution >= 0.6 is 11.3 Å². The van der Waals surface area contributed by atoms with E-state index in [1.807, 2.05) is 36.5 Å². The first-order valence-corrected chi connectivity index (χ1v) is 9.71. The maximum Gasteiger partial charge on any atom is 0.132 e. The average Bonchev–Trinajstić information content (AvgIpc) is 3.31. The molecule has 1 aliphatic rings. The van der Waals surface area contributed by atoms with Crippen LogP contribution < -0.4 is 4.90 Å². The van der Waals surface area contributed by atoms with E-state index in [1.165, 1.54) is 10.3 Å². The lowest BCUT2D eigenvalue weighted by Crippen LogP contribution is -2.20. The Hall–Kier alpha value is -3.23. The van der Waals surface area contributed by atoms with Crippen molar-refractivity contribution in [3.8, 4) is 17.2 Å². The Morgan fingerprint density at radius 3 is 2.89 bits per heavy atom. The number of aromatic nitrogens is 2. The van der Waals surface area contributed by atoms with Crippen molar-refractivity contribution in [1.82, 2.24) is 9.97 Å². The molecule has 2 aromatic carbocycles. The lowest BCUT2D eigenvalue weighted by atomic mass is 10.0. The quantitative estimate of drug-likeness (QED) is 0.522. The largest absolute Gasteiger partial charge is 0.349 e. The van der Waals surface area contributed by atoms with Crippen LogP contribution in [0.4, 0.5) is 5.82 Å². The van der Waals surface area contributed by atoms with Gasteiger partial charge in [-0.25, -0.2) is 9.97 Å². The van der Waals surface area contributed by atoms with Gasteiger partial charge in [0.2, 0.25) is 0 Å². The zero-order chi connectivity index (χ0) is 18.2. The Bertz CT molecular complexity index is 1160. The highest BCUT2D eigenvalue weighted by molar-refractivity contribution is 7.18. The molecule has 0 N–H and O–H groups in total. The summed E-state index contributed by atoms with van der Waals surface area (Å²) in [6.45, 7) is 1.75. The third-order valence-electron chi connectivity index (χ3n) is 4.88. The van der Waals surface area contributed by atoms with Crippen LogP contribution in [0.15, 0.2) is 60.8 Å². The number of hydrogen-bond acceptors (Lipinski definition) is 5. The number of thiazole rings is 1. The van der Waals surface area contributed by atoms with Crippen LogP contribution in [0.3, 0.4) is 0 Å². The molecule has 1 aliphatic heterocycles. The van der Waals surface area contributed by atoms with Gasteiger partial charge in [0.15, 0.2) is 0 Å². The number of rotatable bonds is 3. The van der Waals surface area contributed by atoms with E-state index < -0.39 is 0 Å². The molecule has 0 fully saturated rings. The van der Waals surface area contributed by atoms with Gasteiger partial charge in [-0.3, -0.25) is 0 Å². The number of para-hydroxylation sites is 1. The topological polar surface area (TPSA) is 52.8 Å². The third kappa shape index (κ3) is 2.94. The highest BCUT2D eigenvalue weighted by atomic mass is 32.1. The van der Waals surface area contributed by atoms with E-state index >= 15 is 0 Å². The summed E-state index contributed by atoms with van der Waals surface area (Å²) in [7, 11) is 0. The molecule has 0 saturated carbocycles. The first kappa shape index (κ1) is 16.0. The van der Waals surface area contributed by atoms with E-state index in [0.29, 0.717) is 5.56 Å². The Labute approximate surface area is 161 Å². The first-order valence-electron chi connectivity index (χ1n) is 8.89. The molecule has 0 amide bonds. The van der Waals surface area contributed by atoms with E-state index in [2.05, 4.69) is 35.2 Å². The van der Waals surface area contributed by atoms with Gasteiger partial charge in [0, 0.05) is 18.3 Å². The highest BCUT2D eigenvalue weighted by Crippen LogP contribution is 2.32. The minimum Gasteiger partial charge on any atom is -0.349 e. The summed E-state index contributed by atoms with van der Waals surface area (Å²) in [5.74, 6) is 1.05. The van der Waals surface area contributed by atoms with Gasteiger partial charge < -0.3 is 4.90 Å². The monoisotopic (exact) mass is 368 g/mol. The average molecular weight is 368 g/mol. The van der Waals surface area contributed by atoms with Crippen LogP contribution in [0.2, 0.25) is 0 Å². The molecular weight excluding hydrogens is 352 g/mol. The highest BCUT2D eigenvalue weighted by Gasteiger charge is 2.22. The summed E-state index contributed by atoms with van der Waals surface area (Å²) in [4.78, 5) is 11.8.